The molecular formula is C16H22N4O. The third kappa shape index (κ3) is 3.68. The smallest absolute Gasteiger partial charge is 0.239 e. The number of anilines is 1. The molecule has 0 fully saturated rings. The van der Waals surface area contributed by atoms with Gasteiger partial charge in [0.15, 0.2) is 0 Å². The van der Waals surface area contributed by atoms with E-state index in [-0.39, 0.29) is 11.9 Å². The van der Waals surface area contributed by atoms with Gasteiger partial charge in [-0.3, -0.25) is 4.79 Å². The molecule has 2 rings (SSSR count). The van der Waals surface area contributed by atoms with Crippen molar-refractivity contribution in [1.82, 2.24) is 15.3 Å². The van der Waals surface area contributed by atoms with Gasteiger partial charge in [0.1, 0.15) is 12.1 Å². The van der Waals surface area contributed by atoms with Crippen LogP contribution in [0.1, 0.15) is 26.3 Å². The van der Waals surface area contributed by atoms with Gasteiger partial charge in [0.2, 0.25) is 5.91 Å². The van der Waals surface area contributed by atoms with Crippen LogP contribution >= 0.6 is 0 Å². The van der Waals surface area contributed by atoms with Crippen molar-refractivity contribution in [2.75, 3.05) is 18.0 Å². The van der Waals surface area contributed by atoms with Crippen LogP contribution in [0.2, 0.25) is 0 Å². The van der Waals surface area contributed by atoms with Crippen LogP contribution in [0, 0.1) is 6.92 Å². The number of aryl methyl sites for hydroxylation is 1. The van der Waals surface area contributed by atoms with Crippen molar-refractivity contribution in [2.45, 2.75) is 33.7 Å². The van der Waals surface area contributed by atoms with E-state index in [4.69, 9.17) is 0 Å². The Hall–Kier alpha value is -2.17. The summed E-state index contributed by atoms with van der Waals surface area (Å²) < 4.78 is 0. The van der Waals surface area contributed by atoms with Gasteiger partial charge in [0.25, 0.3) is 0 Å². The second kappa shape index (κ2) is 6.52. The molecule has 0 unspecified atom stereocenters. The number of hydrogen-bond acceptors (Lipinski definition) is 4. The Morgan fingerprint density at radius 2 is 2.10 bits per heavy atom. The zero-order valence-electron chi connectivity index (χ0n) is 13.1. The Labute approximate surface area is 125 Å². The number of carbonyl (C=O) groups excluding carboxylic acids is 1. The molecule has 2 aromatic rings. The van der Waals surface area contributed by atoms with E-state index in [1.54, 1.807) is 6.33 Å². The van der Waals surface area contributed by atoms with E-state index >= 15 is 0 Å². The number of carbonyl (C=O) groups is 1. The fraction of sp³-hybridized carbons (Fsp3) is 0.438. The zero-order chi connectivity index (χ0) is 15.4. The summed E-state index contributed by atoms with van der Waals surface area (Å²) >= 11 is 0. The predicted octanol–water partition coefficient (Wildman–Crippen LogP) is 2.29. The normalized spacial score (nSPS) is 10.9. The number of nitrogens with one attached hydrogen (secondary N) is 1. The van der Waals surface area contributed by atoms with Crippen molar-refractivity contribution >= 4 is 22.6 Å². The highest BCUT2D eigenvalue weighted by molar-refractivity contribution is 5.92. The van der Waals surface area contributed by atoms with E-state index in [0.29, 0.717) is 13.1 Å². The van der Waals surface area contributed by atoms with E-state index in [1.165, 1.54) is 0 Å². The second-order valence-corrected chi connectivity index (χ2v) is 5.45. The minimum absolute atomic E-state index is 0.00580. The topological polar surface area (TPSA) is 58.1 Å². The molecule has 5 nitrogen and oxygen atoms in total. The van der Waals surface area contributed by atoms with Crippen molar-refractivity contribution in [2.24, 2.45) is 0 Å². The Morgan fingerprint density at radius 1 is 1.33 bits per heavy atom. The fourth-order valence-corrected chi connectivity index (χ4v) is 2.29. The summed E-state index contributed by atoms with van der Waals surface area (Å²) in [7, 11) is 0. The van der Waals surface area contributed by atoms with Crippen molar-refractivity contribution in [3.05, 3.63) is 30.1 Å². The van der Waals surface area contributed by atoms with E-state index in [1.807, 2.05) is 44.7 Å². The number of nitrogens with zero attached hydrogens (tertiary/aromatic N) is 3. The van der Waals surface area contributed by atoms with Crippen molar-refractivity contribution in [3.8, 4) is 0 Å². The first-order chi connectivity index (χ1) is 10.0. The van der Waals surface area contributed by atoms with Gasteiger partial charge in [-0.1, -0.05) is 11.6 Å². The number of likely N-dealkylation sites (N-methyl/N-ethyl adjacent to an activating group) is 1. The minimum atomic E-state index is 0.00580. The van der Waals surface area contributed by atoms with Gasteiger partial charge in [0.05, 0.1) is 12.1 Å². The maximum Gasteiger partial charge on any atom is 0.239 e. The molecule has 1 heterocycles. The van der Waals surface area contributed by atoms with Crippen molar-refractivity contribution in [1.29, 1.82) is 0 Å². The van der Waals surface area contributed by atoms with Crippen LogP contribution in [-0.4, -0.2) is 35.0 Å². The SMILES string of the molecule is CCN(CC(=O)NC(C)C)c1ncnc2ccc(C)cc12. The number of benzene rings is 1. The maximum atomic E-state index is 12.0. The van der Waals surface area contributed by atoms with Crippen LogP contribution in [-0.2, 0) is 4.79 Å². The molecule has 0 atom stereocenters. The van der Waals surface area contributed by atoms with Crippen molar-refractivity contribution < 1.29 is 4.79 Å². The molecule has 21 heavy (non-hydrogen) atoms. The lowest BCUT2D eigenvalue weighted by Crippen LogP contribution is -2.40. The summed E-state index contributed by atoms with van der Waals surface area (Å²) in [6.45, 7) is 8.99. The van der Waals surface area contributed by atoms with Crippen LogP contribution in [0.25, 0.3) is 10.9 Å². The van der Waals surface area contributed by atoms with E-state index in [0.717, 1.165) is 22.3 Å². The number of amides is 1. The summed E-state index contributed by atoms with van der Waals surface area (Å²) in [6, 6.07) is 6.22. The van der Waals surface area contributed by atoms with Crippen LogP contribution in [0.3, 0.4) is 0 Å². The largest absolute Gasteiger partial charge is 0.352 e. The zero-order valence-corrected chi connectivity index (χ0v) is 13.1. The summed E-state index contributed by atoms with van der Waals surface area (Å²) in [5, 5.41) is 3.90. The Bertz CT molecular complexity index is 639. The molecule has 1 aromatic carbocycles. The molecule has 1 N–H and O–H groups in total. The predicted molar refractivity (Wildman–Crippen MR) is 85.4 cm³/mol. The van der Waals surface area contributed by atoms with Crippen LogP contribution in [0.5, 0.6) is 0 Å². The van der Waals surface area contributed by atoms with Gasteiger partial charge in [-0.25, -0.2) is 9.97 Å². The number of rotatable bonds is 5. The molecule has 0 aliphatic carbocycles. The summed E-state index contributed by atoms with van der Waals surface area (Å²) in [6.07, 6.45) is 1.55. The lowest BCUT2D eigenvalue weighted by atomic mass is 10.1. The molecule has 1 aromatic heterocycles. The van der Waals surface area contributed by atoms with Gasteiger partial charge in [0, 0.05) is 18.0 Å². The first kappa shape index (κ1) is 15.2. The van der Waals surface area contributed by atoms with E-state index in [2.05, 4.69) is 21.4 Å². The highest BCUT2D eigenvalue weighted by Crippen LogP contribution is 2.23. The minimum Gasteiger partial charge on any atom is -0.352 e. The molecule has 0 spiro atoms. The van der Waals surface area contributed by atoms with Gasteiger partial charge < -0.3 is 10.2 Å². The van der Waals surface area contributed by atoms with Crippen LogP contribution in [0.15, 0.2) is 24.5 Å². The average Bonchev–Trinajstić information content (AvgIpc) is 2.43. The second-order valence-electron chi connectivity index (χ2n) is 5.45. The van der Waals surface area contributed by atoms with E-state index < -0.39 is 0 Å². The molecule has 0 bridgehead atoms. The molecule has 0 aliphatic heterocycles. The first-order valence-corrected chi connectivity index (χ1v) is 7.27. The standard InChI is InChI=1S/C16H22N4O/c1-5-20(9-15(21)19-11(2)3)16-13-8-12(4)6-7-14(13)17-10-18-16/h6-8,10-11H,5,9H2,1-4H3,(H,19,21). The quantitative estimate of drug-likeness (QED) is 0.916. The highest BCUT2D eigenvalue weighted by Gasteiger charge is 2.15. The Morgan fingerprint density at radius 3 is 2.76 bits per heavy atom. The summed E-state index contributed by atoms with van der Waals surface area (Å²) in [5.74, 6) is 0.816. The number of hydrogen-bond donors (Lipinski definition) is 1. The molecule has 0 saturated heterocycles. The fourth-order valence-electron chi connectivity index (χ4n) is 2.29. The first-order valence-electron chi connectivity index (χ1n) is 7.27. The van der Waals surface area contributed by atoms with Gasteiger partial charge in [-0.15, -0.1) is 0 Å². The lowest BCUT2D eigenvalue weighted by Gasteiger charge is -2.23. The van der Waals surface area contributed by atoms with Crippen LogP contribution < -0.4 is 10.2 Å². The monoisotopic (exact) mass is 286 g/mol. The third-order valence-corrected chi connectivity index (χ3v) is 3.24. The van der Waals surface area contributed by atoms with Crippen LogP contribution in [0.4, 0.5) is 5.82 Å². The molecule has 1 amide bonds. The van der Waals surface area contributed by atoms with Gasteiger partial charge >= 0.3 is 0 Å². The lowest BCUT2D eigenvalue weighted by molar-refractivity contribution is -0.120. The Kier molecular flexibility index (Phi) is 4.73. The Balaban J connectivity index is 2.33. The molecule has 0 aliphatic rings. The average molecular weight is 286 g/mol. The van der Waals surface area contributed by atoms with Gasteiger partial charge in [-0.2, -0.15) is 0 Å². The maximum absolute atomic E-state index is 12.0. The molecule has 0 radical (unpaired) electrons. The summed E-state index contributed by atoms with van der Waals surface area (Å²) in [4.78, 5) is 22.7. The number of aromatic nitrogens is 2. The molecular weight excluding hydrogens is 264 g/mol. The van der Waals surface area contributed by atoms with Gasteiger partial charge in [-0.05, 0) is 39.8 Å². The van der Waals surface area contributed by atoms with E-state index in [9.17, 15) is 4.79 Å². The number of fused-ring (bicyclic) bond motifs is 1. The summed E-state index contributed by atoms with van der Waals surface area (Å²) in [5.41, 5.74) is 2.05. The molecule has 0 saturated carbocycles. The highest BCUT2D eigenvalue weighted by atomic mass is 16.2. The van der Waals surface area contributed by atoms with Crippen molar-refractivity contribution in [3.63, 3.8) is 0 Å². The third-order valence-electron chi connectivity index (χ3n) is 3.24. The molecule has 5 heteroatoms. The molecule has 112 valence electrons.